The minimum Gasteiger partial charge on any atom is -0.313 e. The molecule has 0 spiro atoms. The van der Waals surface area contributed by atoms with Gasteiger partial charge in [-0.3, -0.25) is 0 Å². The molecule has 0 amide bonds. The summed E-state index contributed by atoms with van der Waals surface area (Å²) in [5, 5.41) is 3.94. The molecule has 0 bridgehead atoms. The lowest BCUT2D eigenvalue weighted by Gasteiger charge is -2.40. The molecule has 1 heterocycles. The van der Waals surface area contributed by atoms with Crippen LogP contribution >= 0.6 is 0 Å². The van der Waals surface area contributed by atoms with Gasteiger partial charge in [-0.1, -0.05) is 6.92 Å². The summed E-state index contributed by atoms with van der Waals surface area (Å²) in [6.07, 6.45) is 7.40. The Kier molecular flexibility index (Phi) is 3.68. The van der Waals surface area contributed by atoms with Crippen molar-refractivity contribution in [2.24, 2.45) is 23.7 Å². The summed E-state index contributed by atoms with van der Waals surface area (Å²) in [5.74, 6) is 4.01. The van der Waals surface area contributed by atoms with Gasteiger partial charge in [-0.05, 0) is 76.3 Å². The molecule has 1 N–H and O–H groups in total. The van der Waals surface area contributed by atoms with Crippen molar-refractivity contribution in [1.82, 2.24) is 10.2 Å². The molecule has 2 heteroatoms. The number of nitrogens with zero attached hydrogens (tertiary/aromatic N) is 1. The molecular weight excluding hydrogens is 220 g/mol. The molecule has 2 nitrogen and oxygen atoms in total. The van der Waals surface area contributed by atoms with Crippen LogP contribution in [0.1, 0.15) is 46.0 Å². The fourth-order valence-electron chi connectivity index (χ4n) is 3.88. The van der Waals surface area contributed by atoms with Gasteiger partial charge < -0.3 is 10.2 Å². The highest BCUT2D eigenvalue weighted by molar-refractivity contribution is 4.94. The van der Waals surface area contributed by atoms with Crippen LogP contribution in [0, 0.1) is 23.7 Å². The Morgan fingerprint density at radius 3 is 2.28 bits per heavy atom. The molecule has 3 aliphatic rings. The van der Waals surface area contributed by atoms with Crippen molar-refractivity contribution in [3.05, 3.63) is 0 Å². The maximum atomic E-state index is 3.94. The summed E-state index contributed by atoms with van der Waals surface area (Å²) in [5.41, 5.74) is 0. The Bertz CT molecular complexity index is 271. The van der Waals surface area contributed by atoms with Gasteiger partial charge in [0, 0.05) is 18.6 Å². The van der Waals surface area contributed by atoms with E-state index in [1.54, 1.807) is 0 Å². The van der Waals surface area contributed by atoms with Crippen molar-refractivity contribution in [3.8, 4) is 0 Å². The number of hydrogen-bond acceptors (Lipinski definition) is 2. The van der Waals surface area contributed by atoms with Crippen molar-refractivity contribution in [1.29, 1.82) is 0 Å². The molecule has 0 radical (unpaired) electrons. The third kappa shape index (κ3) is 2.91. The van der Waals surface area contributed by atoms with Gasteiger partial charge in [0.15, 0.2) is 0 Å². The van der Waals surface area contributed by atoms with Gasteiger partial charge >= 0.3 is 0 Å². The van der Waals surface area contributed by atoms with E-state index in [0.717, 1.165) is 35.8 Å². The molecule has 0 aromatic rings. The first-order chi connectivity index (χ1) is 8.65. The van der Waals surface area contributed by atoms with Crippen molar-refractivity contribution in [2.75, 3.05) is 20.1 Å². The van der Waals surface area contributed by atoms with Gasteiger partial charge in [-0.25, -0.2) is 0 Å². The van der Waals surface area contributed by atoms with Gasteiger partial charge in [0.25, 0.3) is 0 Å². The Hall–Kier alpha value is -0.0800. The van der Waals surface area contributed by atoms with Crippen LogP contribution < -0.4 is 5.32 Å². The number of likely N-dealkylation sites (tertiary alicyclic amines) is 1. The Morgan fingerprint density at radius 1 is 1.11 bits per heavy atom. The molecule has 0 aromatic heterocycles. The Labute approximate surface area is 113 Å². The van der Waals surface area contributed by atoms with Crippen LogP contribution in [-0.4, -0.2) is 37.1 Å². The zero-order valence-corrected chi connectivity index (χ0v) is 12.4. The minimum absolute atomic E-state index is 0.749. The second kappa shape index (κ2) is 5.13. The quantitative estimate of drug-likeness (QED) is 0.807. The predicted octanol–water partition coefficient (Wildman–Crippen LogP) is 2.74. The summed E-state index contributed by atoms with van der Waals surface area (Å²) < 4.78 is 0. The molecule has 3 atom stereocenters. The number of hydrogen-bond donors (Lipinski definition) is 1. The summed E-state index contributed by atoms with van der Waals surface area (Å²) in [4.78, 5) is 2.52. The molecule has 1 aliphatic heterocycles. The fourth-order valence-corrected chi connectivity index (χ4v) is 3.88. The first-order valence-corrected chi connectivity index (χ1v) is 8.08. The topological polar surface area (TPSA) is 15.3 Å². The molecule has 0 aromatic carbocycles. The van der Waals surface area contributed by atoms with Crippen molar-refractivity contribution in [3.63, 3.8) is 0 Å². The van der Waals surface area contributed by atoms with Crippen LogP contribution in [0.25, 0.3) is 0 Å². The zero-order chi connectivity index (χ0) is 12.7. The Morgan fingerprint density at radius 2 is 1.72 bits per heavy atom. The lowest BCUT2D eigenvalue weighted by atomic mass is 9.88. The van der Waals surface area contributed by atoms with Gasteiger partial charge in [0.1, 0.15) is 0 Å². The zero-order valence-electron chi connectivity index (χ0n) is 12.4. The van der Waals surface area contributed by atoms with Crippen molar-refractivity contribution < 1.29 is 0 Å². The van der Waals surface area contributed by atoms with E-state index in [0.29, 0.717) is 0 Å². The first kappa shape index (κ1) is 12.9. The molecule has 104 valence electrons. The monoisotopic (exact) mass is 250 g/mol. The van der Waals surface area contributed by atoms with Crippen LogP contribution in [0.15, 0.2) is 0 Å². The van der Waals surface area contributed by atoms with Crippen molar-refractivity contribution in [2.45, 2.75) is 58.0 Å². The van der Waals surface area contributed by atoms with Gasteiger partial charge in [-0.15, -0.1) is 0 Å². The molecule has 18 heavy (non-hydrogen) atoms. The predicted molar refractivity (Wildman–Crippen MR) is 76.6 cm³/mol. The van der Waals surface area contributed by atoms with Gasteiger partial charge in [-0.2, -0.15) is 0 Å². The van der Waals surface area contributed by atoms with E-state index in [1.165, 1.54) is 45.2 Å². The second-order valence-electron chi connectivity index (χ2n) is 7.36. The van der Waals surface area contributed by atoms with Crippen LogP contribution in [0.3, 0.4) is 0 Å². The summed E-state index contributed by atoms with van der Waals surface area (Å²) in [6, 6.07) is 1.51. The van der Waals surface area contributed by atoms with E-state index in [4.69, 9.17) is 0 Å². The summed E-state index contributed by atoms with van der Waals surface area (Å²) in [6.45, 7) is 7.36. The average molecular weight is 250 g/mol. The second-order valence-corrected chi connectivity index (χ2v) is 7.36. The van der Waals surface area contributed by atoms with Crippen molar-refractivity contribution >= 4 is 0 Å². The number of nitrogens with one attached hydrogen (secondary N) is 1. The van der Waals surface area contributed by atoms with E-state index >= 15 is 0 Å². The smallest absolute Gasteiger partial charge is 0.0120 e. The molecule has 2 aliphatic carbocycles. The van der Waals surface area contributed by atoms with Crippen LogP contribution in [0.4, 0.5) is 0 Å². The molecule has 1 saturated heterocycles. The minimum atomic E-state index is 0.749. The largest absolute Gasteiger partial charge is 0.313 e. The molecule has 3 fully saturated rings. The molecule has 3 unspecified atom stereocenters. The number of piperidine rings is 1. The first-order valence-electron chi connectivity index (χ1n) is 8.08. The molecular formula is C16H30N2. The lowest BCUT2D eigenvalue weighted by molar-refractivity contribution is 0.118. The van der Waals surface area contributed by atoms with Gasteiger partial charge in [0.2, 0.25) is 0 Å². The highest BCUT2D eigenvalue weighted by Crippen LogP contribution is 2.48. The Balaban J connectivity index is 1.49. The van der Waals surface area contributed by atoms with E-state index in [-0.39, 0.29) is 0 Å². The maximum Gasteiger partial charge on any atom is 0.0120 e. The van der Waals surface area contributed by atoms with E-state index in [1.807, 2.05) is 0 Å². The maximum absolute atomic E-state index is 3.94. The third-order valence-electron chi connectivity index (χ3n) is 5.68. The van der Waals surface area contributed by atoms with E-state index in [2.05, 4.69) is 31.1 Å². The standard InChI is InChI=1S/C16H30N2/c1-11-10-18(3)12(2)8-16(11)17-9-15(13-4-5-13)14-6-7-14/h11-17H,4-10H2,1-3H3. The van der Waals surface area contributed by atoms with Crippen LogP contribution in [0.2, 0.25) is 0 Å². The fraction of sp³-hybridized carbons (Fsp3) is 1.00. The number of rotatable bonds is 5. The SMILES string of the molecule is CC1CN(C)C(C)CC1NCC(C1CC1)C1CC1. The molecule has 3 rings (SSSR count). The van der Waals surface area contributed by atoms with E-state index in [9.17, 15) is 0 Å². The van der Waals surface area contributed by atoms with E-state index < -0.39 is 0 Å². The van der Waals surface area contributed by atoms with Crippen LogP contribution in [-0.2, 0) is 0 Å². The normalized spacial score (nSPS) is 38.3. The lowest BCUT2D eigenvalue weighted by Crippen LogP contribution is -2.51. The van der Waals surface area contributed by atoms with Gasteiger partial charge in [0.05, 0.1) is 0 Å². The molecule has 2 saturated carbocycles. The average Bonchev–Trinajstić information content (AvgIpc) is 3.17. The van der Waals surface area contributed by atoms with Crippen LogP contribution in [0.5, 0.6) is 0 Å². The highest BCUT2D eigenvalue weighted by atomic mass is 15.2. The summed E-state index contributed by atoms with van der Waals surface area (Å²) >= 11 is 0. The third-order valence-corrected chi connectivity index (χ3v) is 5.68. The highest BCUT2D eigenvalue weighted by Gasteiger charge is 2.41. The summed E-state index contributed by atoms with van der Waals surface area (Å²) in [7, 11) is 2.27.